The van der Waals surface area contributed by atoms with Crippen molar-refractivity contribution in [3.63, 3.8) is 0 Å². The van der Waals surface area contributed by atoms with E-state index in [1.807, 2.05) is 6.92 Å². The van der Waals surface area contributed by atoms with Crippen LogP contribution in [0.25, 0.3) is 0 Å². The van der Waals surface area contributed by atoms with Gasteiger partial charge < -0.3 is 14.7 Å². The van der Waals surface area contributed by atoms with Gasteiger partial charge in [0.15, 0.2) is 0 Å². The number of carbonyl (C=O) groups excluding carboxylic acids is 1. The highest BCUT2D eigenvalue weighted by Crippen LogP contribution is 2.61. The van der Waals surface area contributed by atoms with Crippen molar-refractivity contribution in [3.05, 3.63) is 0 Å². The van der Waals surface area contributed by atoms with E-state index in [1.54, 1.807) is 19.0 Å². The highest BCUT2D eigenvalue weighted by Gasteiger charge is 2.90. The van der Waals surface area contributed by atoms with Crippen LogP contribution in [0.5, 0.6) is 0 Å². The molecule has 0 aromatic heterocycles. The van der Waals surface area contributed by atoms with Crippen molar-refractivity contribution >= 4 is 11.9 Å². The number of alkyl halides is 13. The molecule has 0 rings (SSSR count). The maximum Gasteiger partial charge on any atom is 0.460 e. The Balaban J connectivity index is 6.09. The number of nitrogens with zero attached hydrogens (tertiary/aromatic N) is 1. The summed E-state index contributed by atoms with van der Waals surface area (Å²) in [5, 5.41) is 9.61. The molecule has 1 N–H and O–H groups in total. The monoisotopic (exact) mass is 703 g/mol. The lowest BCUT2D eigenvalue weighted by molar-refractivity contribution is -0.440. The molecule has 18 heteroatoms. The molecule has 0 radical (unpaired) electrons. The Hall–Kier alpha value is -2.01. The first kappa shape index (κ1) is 44.0. The number of carboxylic acids is 1. The third kappa shape index (κ3) is 11.6. The van der Waals surface area contributed by atoms with Crippen LogP contribution in [0.4, 0.5) is 57.1 Å². The first-order valence-corrected chi connectivity index (χ1v) is 14.8. The van der Waals surface area contributed by atoms with Crippen molar-refractivity contribution in [3.8, 4) is 0 Å². The molecule has 0 saturated carbocycles. The van der Waals surface area contributed by atoms with Gasteiger partial charge in [-0.05, 0) is 33.5 Å². The number of rotatable bonds is 24. The second-order valence-electron chi connectivity index (χ2n) is 11.6. The van der Waals surface area contributed by atoms with Gasteiger partial charge in [0.2, 0.25) is 0 Å². The zero-order valence-electron chi connectivity index (χ0n) is 25.8. The molecular formula is C28H42F13NO4. The van der Waals surface area contributed by atoms with E-state index in [0.717, 1.165) is 38.5 Å². The quantitative estimate of drug-likeness (QED) is 0.0617. The predicted molar refractivity (Wildman–Crippen MR) is 141 cm³/mol. The minimum Gasteiger partial charge on any atom is -0.481 e. The Morgan fingerprint density at radius 2 is 1.09 bits per heavy atom. The SMILES string of the molecule is CCCCCCCCCCCCC(C(=O)O)C(CC(F)(F)C(F)(F)C(F)(F)C(F)(F)C(F)(F)C(F)(F)F)OC(=O)CCCN(C)C. The van der Waals surface area contributed by atoms with Crippen molar-refractivity contribution in [2.45, 2.75) is 139 Å². The highest BCUT2D eigenvalue weighted by atomic mass is 19.4. The molecule has 0 aliphatic heterocycles. The summed E-state index contributed by atoms with van der Waals surface area (Å²) in [6, 6.07) is 0. The average Bonchev–Trinajstić information content (AvgIpc) is 2.89. The van der Waals surface area contributed by atoms with Gasteiger partial charge in [0.05, 0.1) is 12.3 Å². The van der Waals surface area contributed by atoms with E-state index in [2.05, 4.69) is 4.74 Å². The first-order chi connectivity index (χ1) is 20.8. The van der Waals surface area contributed by atoms with E-state index in [4.69, 9.17) is 0 Å². The topological polar surface area (TPSA) is 66.8 Å². The molecule has 0 bridgehead atoms. The number of halogens is 13. The van der Waals surface area contributed by atoms with Crippen LogP contribution in [0.15, 0.2) is 0 Å². The number of esters is 1. The van der Waals surface area contributed by atoms with Crippen LogP contribution in [-0.4, -0.2) is 84.5 Å². The predicted octanol–water partition coefficient (Wildman–Crippen LogP) is 9.38. The molecule has 274 valence electrons. The summed E-state index contributed by atoms with van der Waals surface area (Å²) in [6.07, 6.45) is -7.30. The van der Waals surface area contributed by atoms with Crippen LogP contribution in [0.1, 0.15) is 96.8 Å². The summed E-state index contributed by atoms with van der Waals surface area (Å²) >= 11 is 0. The number of hydrogen-bond acceptors (Lipinski definition) is 4. The minimum absolute atomic E-state index is 0.0435. The Morgan fingerprint density at radius 1 is 0.652 bits per heavy atom. The molecule has 0 aliphatic rings. The number of unbranched alkanes of at least 4 members (excludes halogenated alkanes) is 9. The van der Waals surface area contributed by atoms with Gasteiger partial charge in [-0.15, -0.1) is 0 Å². The summed E-state index contributed by atoms with van der Waals surface area (Å²) in [5.41, 5.74) is 0. The first-order valence-electron chi connectivity index (χ1n) is 14.8. The Labute approximate surface area is 259 Å². The number of carbonyl (C=O) groups is 2. The fourth-order valence-corrected chi connectivity index (χ4v) is 4.54. The van der Waals surface area contributed by atoms with E-state index in [9.17, 15) is 71.8 Å². The maximum atomic E-state index is 14.8. The third-order valence-corrected chi connectivity index (χ3v) is 7.36. The van der Waals surface area contributed by atoms with Gasteiger partial charge >= 0.3 is 47.7 Å². The summed E-state index contributed by atoms with van der Waals surface area (Å²) in [6.45, 7) is 2.23. The zero-order valence-corrected chi connectivity index (χ0v) is 25.8. The van der Waals surface area contributed by atoms with Crippen molar-refractivity contribution in [2.75, 3.05) is 20.6 Å². The lowest BCUT2D eigenvalue weighted by Gasteiger charge is -2.40. The summed E-state index contributed by atoms with van der Waals surface area (Å²) in [7, 11) is 3.12. The summed E-state index contributed by atoms with van der Waals surface area (Å²) in [4.78, 5) is 25.8. The van der Waals surface area contributed by atoms with Crippen LogP contribution < -0.4 is 0 Å². The van der Waals surface area contributed by atoms with Gasteiger partial charge in [-0.2, -0.15) is 57.1 Å². The normalized spacial score (nSPS) is 15.2. The van der Waals surface area contributed by atoms with Crippen LogP contribution >= 0.6 is 0 Å². The fourth-order valence-electron chi connectivity index (χ4n) is 4.54. The lowest BCUT2D eigenvalue weighted by Crippen LogP contribution is -2.70. The van der Waals surface area contributed by atoms with E-state index in [1.165, 1.54) is 0 Å². The molecule has 0 aromatic rings. The van der Waals surface area contributed by atoms with Gasteiger partial charge in [0.1, 0.15) is 6.10 Å². The molecule has 0 fully saturated rings. The van der Waals surface area contributed by atoms with E-state index in [0.29, 0.717) is 12.8 Å². The van der Waals surface area contributed by atoms with Crippen molar-refractivity contribution in [2.24, 2.45) is 5.92 Å². The molecule has 46 heavy (non-hydrogen) atoms. The smallest absolute Gasteiger partial charge is 0.460 e. The number of carboxylic acid groups (broad SMARTS) is 1. The third-order valence-electron chi connectivity index (χ3n) is 7.36. The molecule has 0 amide bonds. The van der Waals surface area contributed by atoms with Crippen LogP contribution in [0, 0.1) is 5.92 Å². The number of hydrogen-bond donors (Lipinski definition) is 1. The molecule has 0 aliphatic carbocycles. The molecule has 5 nitrogen and oxygen atoms in total. The lowest BCUT2D eigenvalue weighted by atomic mass is 9.86. The highest BCUT2D eigenvalue weighted by molar-refractivity contribution is 5.73. The van der Waals surface area contributed by atoms with Crippen LogP contribution in [-0.2, 0) is 14.3 Å². The maximum absolute atomic E-state index is 14.8. The number of aliphatic carboxylic acids is 1. The Morgan fingerprint density at radius 3 is 1.50 bits per heavy atom. The van der Waals surface area contributed by atoms with Crippen molar-refractivity contribution in [1.29, 1.82) is 0 Å². The minimum atomic E-state index is -8.09. The van der Waals surface area contributed by atoms with Crippen molar-refractivity contribution in [1.82, 2.24) is 4.90 Å². The van der Waals surface area contributed by atoms with E-state index in [-0.39, 0.29) is 25.8 Å². The average molecular weight is 704 g/mol. The van der Waals surface area contributed by atoms with Gasteiger partial charge in [0, 0.05) is 6.42 Å². The van der Waals surface area contributed by atoms with Crippen LogP contribution in [0.2, 0.25) is 0 Å². The Bertz CT molecular complexity index is 928. The summed E-state index contributed by atoms with van der Waals surface area (Å²) < 4.78 is 182. The summed E-state index contributed by atoms with van der Waals surface area (Å²) in [5.74, 6) is -44.0. The van der Waals surface area contributed by atoms with Gasteiger partial charge in [-0.3, -0.25) is 9.59 Å². The largest absolute Gasteiger partial charge is 0.481 e. The van der Waals surface area contributed by atoms with E-state index < -0.39 is 79.0 Å². The second kappa shape index (κ2) is 17.9. The second-order valence-corrected chi connectivity index (χ2v) is 11.6. The molecular weight excluding hydrogens is 661 g/mol. The molecule has 2 unspecified atom stereocenters. The van der Waals surface area contributed by atoms with Crippen LogP contribution in [0.3, 0.4) is 0 Å². The van der Waals surface area contributed by atoms with Gasteiger partial charge in [-0.25, -0.2) is 0 Å². The molecule has 0 saturated heterocycles. The number of ether oxygens (including phenoxy) is 1. The standard InChI is InChI=1S/C28H42F13NO4/c1-4-5-6-7-8-9-10-11-12-13-15-19(22(44)45)20(46-21(43)16-14-17-42(2)3)18-23(29,30)24(31,32)25(33,34)26(35,36)27(37,38)28(39,40)41/h19-20H,4-18H2,1-3H3,(H,44,45). The fraction of sp³-hybridized carbons (Fsp3) is 0.929. The van der Waals surface area contributed by atoms with E-state index >= 15 is 0 Å². The van der Waals surface area contributed by atoms with Gasteiger partial charge in [0.25, 0.3) is 0 Å². The molecule has 2 atom stereocenters. The Kier molecular flexibility index (Phi) is 17.2. The molecule has 0 aromatic carbocycles. The molecule has 0 spiro atoms. The van der Waals surface area contributed by atoms with Gasteiger partial charge in [-0.1, -0.05) is 71.1 Å². The molecule has 0 heterocycles. The van der Waals surface area contributed by atoms with Crippen molar-refractivity contribution < 1.29 is 76.5 Å². The zero-order chi connectivity index (χ0) is 36.2.